The molecule has 7 nitrogen and oxygen atoms in total. The maximum Gasteiger partial charge on any atom is 0.321 e. The van der Waals surface area contributed by atoms with Crippen LogP contribution in [-0.4, -0.2) is 42.0 Å². The first kappa shape index (κ1) is 43.0. The molecule has 5 rings (SSSR count). The van der Waals surface area contributed by atoms with Crippen LogP contribution in [0, 0.1) is 35.5 Å². The molecule has 1 N–H and O–H groups in total. The minimum absolute atomic E-state index is 0.0353. The third kappa shape index (κ3) is 9.21. The molecule has 1 unspecified atom stereocenters. The first-order chi connectivity index (χ1) is 26.3. The zero-order valence-corrected chi connectivity index (χ0v) is 35.4. The lowest BCUT2D eigenvalue weighted by molar-refractivity contribution is -0.238. The van der Waals surface area contributed by atoms with E-state index in [1.54, 1.807) is 0 Å². The zero-order chi connectivity index (χ0) is 40.0. The fourth-order valence-electron chi connectivity index (χ4n) is 9.33. The number of hydrogen-bond donors (Lipinski definition) is 1. The Morgan fingerprint density at radius 2 is 1.44 bits per heavy atom. The zero-order valence-electron chi connectivity index (χ0n) is 35.4. The number of rotatable bonds is 15. The van der Waals surface area contributed by atoms with Crippen molar-refractivity contribution in [3.05, 3.63) is 83.0 Å². The van der Waals surface area contributed by atoms with Gasteiger partial charge in [-0.3, -0.25) is 4.79 Å². The fraction of sp³-hybridized carbons (Fsp3) is 0.646. The highest BCUT2D eigenvalue weighted by molar-refractivity contribution is 5.90. The molecule has 55 heavy (non-hydrogen) atoms. The second-order valence-corrected chi connectivity index (χ2v) is 17.2. The summed E-state index contributed by atoms with van der Waals surface area (Å²) in [7, 11) is 0. The van der Waals surface area contributed by atoms with Crippen molar-refractivity contribution in [3.63, 3.8) is 0 Å². The van der Waals surface area contributed by atoms with Gasteiger partial charge in [-0.25, -0.2) is 0 Å². The predicted molar refractivity (Wildman–Crippen MR) is 220 cm³/mol. The molecular weight excluding hydrogens is 689 g/mol. The van der Waals surface area contributed by atoms with E-state index < -0.39 is 24.1 Å². The van der Waals surface area contributed by atoms with Crippen molar-refractivity contribution in [2.75, 3.05) is 0 Å². The molecule has 1 aliphatic carbocycles. The number of benzene rings is 2. The lowest BCUT2D eigenvalue weighted by Gasteiger charge is -2.46. The van der Waals surface area contributed by atoms with Gasteiger partial charge < -0.3 is 28.8 Å². The topological polar surface area (TPSA) is 83.5 Å². The number of allylic oxidation sites excluding steroid dienone is 2. The summed E-state index contributed by atoms with van der Waals surface area (Å²) in [5.74, 6) is 1.19. The van der Waals surface area contributed by atoms with Crippen LogP contribution in [0.3, 0.4) is 0 Å². The Hall–Kier alpha value is -3.13. The van der Waals surface area contributed by atoms with Crippen LogP contribution in [0.1, 0.15) is 131 Å². The number of aliphatic hydroxyl groups excluding tert-OH is 1. The summed E-state index contributed by atoms with van der Waals surface area (Å²) >= 11 is 0. The standard InChI is InChI=1S/C48H70O7/c1-12-15-17-22-37-25-41(54-45-35(11)31(7)32(8)39(13-2)52-45)43(42(26-37)55-46-44(49)34(10)33(9)40(14-3)53-46)48(27-30(6)23-24-38(48)29(4)5)47(50)51-28-36-20-18-16-19-21-36/h16,18-21,25-27,31-35,38-40,44-46,49H,4,12-15,17,22-24,28H2,1-3,5-11H3/t31-,32-,33-,34-,35+,38?,39+,40+,44+,45-,46-,48-/m0/s1. The van der Waals surface area contributed by atoms with Crippen LogP contribution in [-0.2, 0) is 37.4 Å². The number of unbranched alkanes of at least 4 members (excludes halogenated alkanes) is 2. The van der Waals surface area contributed by atoms with Crippen LogP contribution in [0.15, 0.2) is 66.3 Å². The Bertz CT molecular complexity index is 1550. The van der Waals surface area contributed by atoms with Gasteiger partial charge in [0.1, 0.15) is 29.6 Å². The van der Waals surface area contributed by atoms with Gasteiger partial charge in [-0.15, -0.1) is 0 Å². The highest BCUT2D eigenvalue weighted by atomic mass is 16.7. The number of aryl methyl sites for hydroxylation is 1. The molecule has 2 aromatic carbocycles. The summed E-state index contributed by atoms with van der Waals surface area (Å²) in [5, 5.41) is 11.7. The van der Waals surface area contributed by atoms with Crippen LogP contribution in [0.25, 0.3) is 0 Å². The van der Waals surface area contributed by atoms with Gasteiger partial charge in [0.05, 0.1) is 17.8 Å². The second-order valence-electron chi connectivity index (χ2n) is 17.2. The minimum Gasteiger partial charge on any atom is -0.464 e. The molecule has 2 aliphatic heterocycles. The molecule has 304 valence electrons. The van der Waals surface area contributed by atoms with Crippen molar-refractivity contribution >= 4 is 5.97 Å². The number of esters is 1. The molecule has 2 heterocycles. The molecule has 0 amide bonds. The van der Waals surface area contributed by atoms with Gasteiger partial charge >= 0.3 is 5.97 Å². The van der Waals surface area contributed by atoms with Crippen LogP contribution in [0.4, 0.5) is 0 Å². The van der Waals surface area contributed by atoms with E-state index in [1.807, 2.05) is 37.3 Å². The number of carbonyl (C=O) groups excluding carboxylic acids is 1. The Morgan fingerprint density at radius 3 is 2.04 bits per heavy atom. The largest absolute Gasteiger partial charge is 0.464 e. The van der Waals surface area contributed by atoms with E-state index in [4.69, 9.17) is 23.7 Å². The molecule has 2 aromatic rings. The normalized spacial score (nSPS) is 33.7. The van der Waals surface area contributed by atoms with E-state index in [2.05, 4.69) is 87.1 Å². The lowest BCUT2D eigenvalue weighted by Crippen LogP contribution is -2.52. The third-order valence-electron chi connectivity index (χ3n) is 13.4. The number of carbonyl (C=O) groups is 1. The van der Waals surface area contributed by atoms with Crippen LogP contribution < -0.4 is 9.47 Å². The van der Waals surface area contributed by atoms with Gasteiger partial charge in [0, 0.05) is 11.8 Å². The van der Waals surface area contributed by atoms with Crippen molar-refractivity contribution in [2.45, 2.75) is 164 Å². The smallest absolute Gasteiger partial charge is 0.321 e. The van der Waals surface area contributed by atoms with Crippen molar-refractivity contribution in [1.29, 1.82) is 0 Å². The molecule has 2 fully saturated rings. The quantitative estimate of drug-likeness (QED) is 0.110. The molecule has 0 spiro atoms. The van der Waals surface area contributed by atoms with Gasteiger partial charge in [0.2, 0.25) is 12.6 Å². The van der Waals surface area contributed by atoms with Crippen LogP contribution in [0.5, 0.6) is 11.5 Å². The van der Waals surface area contributed by atoms with Gasteiger partial charge in [-0.2, -0.15) is 0 Å². The summed E-state index contributed by atoms with van der Waals surface area (Å²) in [6.45, 7) is 26.1. The SMILES string of the molecule is C=C(C)C1CCC(C)=C[C@@]1(C(=O)OCc1ccccc1)c1c(O[C@@H]2O[C@H](CC)[C@@H](C)[C@H](C)[C@H]2C)cc(CCCCC)cc1O[C@@H]1O[C@H](CC)[C@@H](C)[C@H](C)[C@H]1O. The highest BCUT2D eigenvalue weighted by Gasteiger charge is 2.54. The van der Waals surface area contributed by atoms with Gasteiger partial charge in [-0.05, 0) is 99.3 Å². The van der Waals surface area contributed by atoms with Crippen molar-refractivity contribution in [1.82, 2.24) is 0 Å². The second kappa shape index (κ2) is 18.9. The van der Waals surface area contributed by atoms with Crippen LogP contribution in [0.2, 0.25) is 0 Å². The Labute approximate surface area is 332 Å². The Morgan fingerprint density at radius 1 is 0.836 bits per heavy atom. The van der Waals surface area contributed by atoms with Gasteiger partial charge in [-0.1, -0.05) is 122 Å². The van der Waals surface area contributed by atoms with E-state index >= 15 is 4.79 Å². The van der Waals surface area contributed by atoms with Crippen molar-refractivity contribution in [3.8, 4) is 11.5 Å². The number of ether oxygens (including phenoxy) is 5. The molecule has 0 bridgehead atoms. The lowest BCUT2D eigenvalue weighted by atomic mass is 9.61. The Balaban J connectivity index is 1.77. The van der Waals surface area contributed by atoms with Gasteiger partial charge in [0.15, 0.2) is 0 Å². The maximum atomic E-state index is 15.3. The first-order valence-electron chi connectivity index (χ1n) is 21.3. The maximum absolute atomic E-state index is 15.3. The van der Waals surface area contributed by atoms with Crippen molar-refractivity contribution < 1.29 is 33.6 Å². The molecule has 2 saturated heterocycles. The van der Waals surface area contributed by atoms with E-state index in [0.29, 0.717) is 35.3 Å². The number of aliphatic hydroxyl groups is 1. The molecule has 12 atom stereocenters. The minimum atomic E-state index is -1.35. The molecule has 7 heteroatoms. The third-order valence-corrected chi connectivity index (χ3v) is 13.4. The summed E-state index contributed by atoms with van der Waals surface area (Å²) in [4.78, 5) is 15.3. The van der Waals surface area contributed by atoms with E-state index in [-0.39, 0.29) is 48.5 Å². The Kier molecular flexibility index (Phi) is 14.8. The predicted octanol–water partition coefficient (Wildman–Crippen LogP) is 10.9. The van der Waals surface area contributed by atoms with E-state index in [0.717, 1.165) is 67.2 Å². The summed E-state index contributed by atoms with van der Waals surface area (Å²) in [5.41, 5.74) is 3.13. The molecule has 0 radical (unpaired) electrons. The molecule has 0 aromatic heterocycles. The van der Waals surface area contributed by atoms with Gasteiger partial charge in [0.25, 0.3) is 0 Å². The molecular formula is C48H70O7. The average Bonchev–Trinajstić information content (AvgIpc) is 3.17. The molecule has 3 aliphatic rings. The monoisotopic (exact) mass is 759 g/mol. The summed E-state index contributed by atoms with van der Waals surface area (Å²) in [6.07, 6.45) is 6.79. The summed E-state index contributed by atoms with van der Waals surface area (Å²) in [6, 6.07) is 14.0. The fourth-order valence-corrected chi connectivity index (χ4v) is 9.33. The summed E-state index contributed by atoms with van der Waals surface area (Å²) < 4.78 is 34.0. The van der Waals surface area contributed by atoms with E-state index in [9.17, 15) is 5.11 Å². The number of hydrogen-bond acceptors (Lipinski definition) is 7. The first-order valence-corrected chi connectivity index (χ1v) is 21.3. The average molecular weight is 759 g/mol. The van der Waals surface area contributed by atoms with Crippen molar-refractivity contribution in [2.24, 2.45) is 35.5 Å². The molecule has 0 saturated carbocycles. The highest BCUT2D eigenvalue weighted by Crippen LogP contribution is 2.54. The van der Waals surface area contributed by atoms with E-state index in [1.165, 1.54) is 0 Å². The van der Waals surface area contributed by atoms with Crippen LogP contribution >= 0.6 is 0 Å².